The number of rotatable bonds is 5. The summed E-state index contributed by atoms with van der Waals surface area (Å²) in [6.45, 7) is 7.51. The summed E-state index contributed by atoms with van der Waals surface area (Å²) in [6.07, 6.45) is 4.88. The third kappa shape index (κ3) is 2.85. The van der Waals surface area contributed by atoms with Crippen LogP contribution in [0.5, 0.6) is 0 Å². The van der Waals surface area contributed by atoms with Gasteiger partial charge in [-0.1, -0.05) is 38.0 Å². The zero-order valence-corrected chi connectivity index (χ0v) is 12.8. The minimum absolute atomic E-state index is 0.0162. The lowest BCUT2D eigenvalue weighted by molar-refractivity contribution is -0.0364. The van der Waals surface area contributed by atoms with Crippen molar-refractivity contribution in [1.29, 1.82) is 0 Å². The lowest BCUT2D eigenvalue weighted by Gasteiger charge is -2.37. The van der Waals surface area contributed by atoms with Gasteiger partial charge in [-0.2, -0.15) is 0 Å². The second-order valence-corrected chi connectivity index (χ2v) is 5.81. The molecule has 1 aliphatic rings. The predicted octanol–water partition coefficient (Wildman–Crippen LogP) is 3.91. The third-order valence-electron chi connectivity index (χ3n) is 4.66. The molecular formula is C17H27NO. The van der Waals surface area contributed by atoms with E-state index in [0.717, 1.165) is 19.4 Å². The largest absolute Gasteiger partial charge is 0.376 e. The zero-order chi connectivity index (χ0) is 13.9. The second kappa shape index (κ2) is 6.06. The Kier molecular flexibility index (Phi) is 4.64. The van der Waals surface area contributed by atoms with Crippen molar-refractivity contribution in [2.45, 2.75) is 58.1 Å². The van der Waals surface area contributed by atoms with Crippen molar-refractivity contribution in [3.8, 4) is 0 Å². The average Bonchev–Trinajstić information content (AvgIpc) is 2.89. The van der Waals surface area contributed by atoms with E-state index in [1.807, 2.05) is 7.11 Å². The lowest BCUT2D eigenvalue weighted by Crippen LogP contribution is -2.43. The van der Waals surface area contributed by atoms with E-state index in [1.54, 1.807) is 0 Å². The summed E-state index contributed by atoms with van der Waals surface area (Å²) < 4.78 is 5.98. The number of likely N-dealkylation sites (N-methyl/N-ethyl adjacent to an activating group) is 1. The van der Waals surface area contributed by atoms with E-state index in [0.29, 0.717) is 6.04 Å². The van der Waals surface area contributed by atoms with Gasteiger partial charge in [-0.15, -0.1) is 0 Å². The van der Waals surface area contributed by atoms with Crippen LogP contribution < -0.4 is 5.32 Å². The van der Waals surface area contributed by atoms with Gasteiger partial charge in [0.25, 0.3) is 0 Å². The van der Waals surface area contributed by atoms with Crippen molar-refractivity contribution in [3.63, 3.8) is 0 Å². The van der Waals surface area contributed by atoms with Crippen LogP contribution in [0.25, 0.3) is 0 Å². The number of ether oxygens (including phenoxy) is 1. The molecule has 0 bridgehead atoms. The summed E-state index contributed by atoms with van der Waals surface area (Å²) in [5.41, 5.74) is 4.08. The molecule has 0 radical (unpaired) electrons. The Bertz CT molecular complexity index is 421. The van der Waals surface area contributed by atoms with Gasteiger partial charge in [0, 0.05) is 7.11 Å². The Morgan fingerprint density at radius 1 is 1.21 bits per heavy atom. The van der Waals surface area contributed by atoms with E-state index in [9.17, 15) is 0 Å². The smallest absolute Gasteiger partial charge is 0.0872 e. The summed E-state index contributed by atoms with van der Waals surface area (Å²) in [7, 11) is 1.87. The first-order valence-electron chi connectivity index (χ1n) is 7.48. The molecule has 2 nitrogen and oxygen atoms in total. The van der Waals surface area contributed by atoms with Gasteiger partial charge in [-0.3, -0.25) is 0 Å². The first kappa shape index (κ1) is 14.5. The number of benzene rings is 1. The van der Waals surface area contributed by atoms with E-state index in [2.05, 4.69) is 44.3 Å². The zero-order valence-electron chi connectivity index (χ0n) is 12.8. The summed E-state index contributed by atoms with van der Waals surface area (Å²) >= 11 is 0. The highest BCUT2D eigenvalue weighted by molar-refractivity contribution is 5.33. The van der Waals surface area contributed by atoms with Gasteiger partial charge in [0.05, 0.1) is 11.6 Å². The summed E-state index contributed by atoms with van der Waals surface area (Å²) in [5, 5.41) is 3.65. The van der Waals surface area contributed by atoms with Crippen LogP contribution in [0, 0.1) is 13.8 Å². The Labute approximate surface area is 117 Å². The Morgan fingerprint density at radius 3 is 2.42 bits per heavy atom. The first-order valence-corrected chi connectivity index (χ1v) is 7.48. The molecule has 1 aromatic rings. The predicted molar refractivity (Wildman–Crippen MR) is 80.5 cm³/mol. The van der Waals surface area contributed by atoms with Gasteiger partial charge in [0.2, 0.25) is 0 Å². The van der Waals surface area contributed by atoms with Gasteiger partial charge in [-0.25, -0.2) is 0 Å². The number of methoxy groups -OCH3 is 1. The molecule has 1 atom stereocenters. The molecule has 106 valence electrons. The molecule has 2 rings (SSSR count). The fourth-order valence-electron chi connectivity index (χ4n) is 3.34. The van der Waals surface area contributed by atoms with E-state index in [1.165, 1.54) is 29.5 Å². The van der Waals surface area contributed by atoms with Crippen LogP contribution >= 0.6 is 0 Å². The van der Waals surface area contributed by atoms with Crippen LogP contribution in [-0.4, -0.2) is 19.3 Å². The van der Waals surface area contributed by atoms with Gasteiger partial charge >= 0.3 is 0 Å². The maximum atomic E-state index is 5.98. The first-order chi connectivity index (χ1) is 9.13. The molecule has 0 amide bonds. The molecule has 1 aliphatic carbocycles. The van der Waals surface area contributed by atoms with Crippen LogP contribution in [0.1, 0.15) is 55.3 Å². The van der Waals surface area contributed by atoms with E-state index in [-0.39, 0.29) is 5.60 Å². The highest BCUT2D eigenvalue weighted by Gasteiger charge is 2.42. The molecule has 1 aromatic carbocycles. The highest BCUT2D eigenvalue weighted by Crippen LogP contribution is 2.42. The van der Waals surface area contributed by atoms with Crippen LogP contribution in [0.15, 0.2) is 18.2 Å². The fraction of sp³-hybridized carbons (Fsp3) is 0.647. The summed E-state index contributed by atoms with van der Waals surface area (Å²) in [6, 6.07) is 7.12. The maximum absolute atomic E-state index is 5.98. The van der Waals surface area contributed by atoms with Gasteiger partial charge in [0.15, 0.2) is 0 Å². The fourth-order valence-corrected chi connectivity index (χ4v) is 3.34. The van der Waals surface area contributed by atoms with E-state index < -0.39 is 0 Å². The van der Waals surface area contributed by atoms with Crippen LogP contribution in [0.4, 0.5) is 0 Å². The molecule has 1 saturated carbocycles. The Morgan fingerprint density at radius 2 is 1.89 bits per heavy atom. The molecule has 0 spiro atoms. The van der Waals surface area contributed by atoms with Crippen LogP contribution in [-0.2, 0) is 4.74 Å². The molecular weight excluding hydrogens is 234 g/mol. The molecule has 2 heteroatoms. The van der Waals surface area contributed by atoms with Crippen molar-refractivity contribution >= 4 is 0 Å². The van der Waals surface area contributed by atoms with Gasteiger partial charge in [-0.05, 0) is 49.9 Å². The monoisotopic (exact) mass is 261 g/mol. The van der Waals surface area contributed by atoms with Crippen LogP contribution in [0.3, 0.4) is 0 Å². The Hall–Kier alpha value is -0.860. The van der Waals surface area contributed by atoms with Crippen molar-refractivity contribution in [2.24, 2.45) is 0 Å². The molecule has 1 N–H and O–H groups in total. The molecule has 19 heavy (non-hydrogen) atoms. The normalized spacial score (nSPS) is 19.6. The molecule has 0 heterocycles. The molecule has 0 aromatic heterocycles. The number of hydrogen-bond donors (Lipinski definition) is 1. The average molecular weight is 261 g/mol. The molecule has 0 saturated heterocycles. The minimum Gasteiger partial charge on any atom is -0.376 e. The van der Waals surface area contributed by atoms with Crippen molar-refractivity contribution < 1.29 is 4.74 Å². The van der Waals surface area contributed by atoms with Crippen LogP contribution in [0.2, 0.25) is 0 Å². The number of nitrogens with one attached hydrogen (secondary N) is 1. The lowest BCUT2D eigenvalue weighted by atomic mass is 9.85. The van der Waals surface area contributed by atoms with E-state index in [4.69, 9.17) is 4.74 Å². The van der Waals surface area contributed by atoms with Crippen molar-refractivity contribution in [3.05, 3.63) is 34.9 Å². The molecule has 1 fully saturated rings. The van der Waals surface area contributed by atoms with Gasteiger partial charge in [0.1, 0.15) is 0 Å². The SMILES string of the molecule is CCNC(c1ccc(C)c(C)c1)C1(OC)CCCC1. The van der Waals surface area contributed by atoms with Crippen molar-refractivity contribution in [2.75, 3.05) is 13.7 Å². The Balaban J connectivity index is 2.35. The van der Waals surface area contributed by atoms with Crippen molar-refractivity contribution in [1.82, 2.24) is 5.32 Å². The third-order valence-corrected chi connectivity index (χ3v) is 4.66. The topological polar surface area (TPSA) is 21.3 Å². The molecule has 1 unspecified atom stereocenters. The number of aryl methyl sites for hydroxylation is 2. The summed E-state index contributed by atoms with van der Waals surface area (Å²) in [5.74, 6) is 0. The highest BCUT2D eigenvalue weighted by atomic mass is 16.5. The standard InChI is InChI=1S/C17H27NO/c1-5-18-16(17(19-4)10-6-7-11-17)15-9-8-13(2)14(3)12-15/h8-9,12,16,18H,5-7,10-11H2,1-4H3. The van der Waals surface area contributed by atoms with E-state index >= 15 is 0 Å². The summed E-state index contributed by atoms with van der Waals surface area (Å²) in [4.78, 5) is 0. The molecule has 0 aliphatic heterocycles. The minimum atomic E-state index is -0.0162. The maximum Gasteiger partial charge on any atom is 0.0872 e. The number of hydrogen-bond acceptors (Lipinski definition) is 2. The second-order valence-electron chi connectivity index (χ2n) is 5.81. The quantitative estimate of drug-likeness (QED) is 0.867. The van der Waals surface area contributed by atoms with Gasteiger partial charge < -0.3 is 10.1 Å².